The minimum absolute atomic E-state index is 0.108. The summed E-state index contributed by atoms with van der Waals surface area (Å²) < 4.78 is 1.54. The van der Waals surface area contributed by atoms with Crippen LogP contribution in [0.15, 0.2) is 60.8 Å². The van der Waals surface area contributed by atoms with E-state index in [0.717, 1.165) is 5.56 Å². The molecule has 2 amide bonds. The van der Waals surface area contributed by atoms with Gasteiger partial charge in [-0.1, -0.05) is 45.0 Å². The van der Waals surface area contributed by atoms with Crippen LogP contribution in [-0.2, 0) is 6.42 Å². The maximum absolute atomic E-state index is 12.5. The van der Waals surface area contributed by atoms with Crippen LogP contribution in [0.25, 0.3) is 16.9 Å². The molecule has 0 fully saturated rings. The van der Waals surface area contributed by atoms with Crippen molar-refractivity contribution in [3.05, 3.63) is 77.6 Å². The zero-order chi connectivity index (χ0) is 23.5. The molecule has 8 nitrogen and oxygen atoms in total. The quantitative estimate of drug-likeness (QED) is 0.368. The molecule has 0 aliphatic heterocycles. The van der Waals surface area contributed by atoms with Gasteiger partial charge < -0.3 is 15.7 Å². The number of fused-ring (bicyclic) bond motifs is 1. The molecule has 0 saturated carbocycles. The Morgan fingerprint density at radius 2 is 1.76 bits per heavy atom. The summed E-state index contributed by atoms with van der Waals surface area (Å²) in [7, 11) is 0. The third kappa shape index (κ3) is 4.55. The van der Waals surface area contributed by atoms with Crippen molar-refractivity contribution in [3.63, 3.8) is 0 Å². The molecule has 4 aromatic rings. The van der Waals surface area contributed by atoms with E-state index in [-0.39, 0.29) is 17.2 Å². The average Bonchev–Trinajstić information content (AvgIpc) is 3.18. The van der Waals surface area contributed by atoms with Crippen molar-refractivity contribution in [3.8, 4) is 11.3 Å². The third-order valence-corrected chi connectivity index (χ3v) is 5.39. The van der Waals surface area contributed by atoms with Gasteiger partial charge >= 0.3 is 12.0 Å². The first-order valence-corrected chi connectivity index (χ1v) is 10.8. The van der Waals surface area contributed by atoms with Crippen LogP contribution in [0.3, 0.4) is 0 Å². The van der Waals surface area contributed by atoms with Crippen molar-refractivity contribution in [2.24, 2.45) is 0 Å². The van der Waals surface area contributed by atoms with Gasteiger partial charge in [-0.05, 0) is 48.2 Å². The lowest BCUT2D eigenvalue weighted by Crippen LogP contribution is -2.19. The SMILES string of the molecule is CCc1nn2c(-c3cccc(NC(=O)Nc4ccc(C(C)C)cc4)c3)ccnc2c1C(=O)O. The first kappa shape index (κ1) is 22.0. The lowest BCUT2D eigenvalue weighted by Gasteiger charge is -2.11. The number of aromatic carboxylic acids is 1. The fraction of sp³-hybridized carbons (Fsp3) is 0.200. The molecule has 8 heteroatoms. The number of anilines is 2. The Hall–Kier alpha value is -4.20. The molecule has 0 saturated heterocycles. The number of aryl methyl sites for hydroxylation is 1. The Bertz CT molecular complexity index is 1330. The summed E-state index contributed by atoms with van der Waals surface area (Å²) in [6.45, 7) is 6.09. The van der Waals surface area contributed by atoms with Crippen molar-refractivity contribution >= 4 is 29.0 Å². The summed E-state index contributed by atoms with van der Waals surface area (Å²) in [6, 6.07) is 16.4. The molecule has 0 atom stereocenters. The molecular weight excluding hydrogens is 418 g/mol. The molecule has 2 aromatic carbocycles. The molecule has 33 heavy (non-hydrogen) atoms. The van der Waals surface area contributed by atoms with Crippen LogP contribution in [0.1, 0.15) is 48.3 Å². The number of carbonyl (C=O) groups excluding carboxylic acids is 1. The number of rotatable bonds is 6. The standard InChI is InChI=1S/C25H25N5O3/c1-4-20-22(24(31)32)23-26-13-12-21(30(23)29-20)17-6-5-7-19(14-17)28-25(33)27-18-10-8-16(9-11-18)15(2)3/h5-15H,4H2,1-3H3,(H,31,32)(H2,27,28,33). The van der Waals surface area contributed by atoms with E-state index in [1.165, 1.54) is 10.1 Å². The van der Waals surface area contributed by atoms with Crippen LogP contribution in [-0.4, -0.2) is 31.7 Å². The van der Waals surface area contributed by atoms with Crippen LogP contribution in [0, 0.1) is 0 Å². The Kier molecular flexibility index (Phi) is 6.08. The number of hydrogen-bond acceptors (Lipinski definition) is 4. The molecule has 0 unspecified atom stereocenters. The van der Waals surface area contributed by atoms with Crippen molar-refractivity contribution in [1.29, 1.82) is 0 Å². The highest BCUT2D eigenvalue weighted by atomic mass is 16.4. The topological polar surface area (TPSA) is 109 Å². The van der Waals surface area contributed by atoms with E-state index in [9.17, 15) is 14.7 Å². The molecule has 0 spiro atoms. The smallest absolute Gasteiger partial charge is 0.341 e. The highest BCUT2D eigenvalue weighted by Crippen LogP contribution is 2.26. The van der Waals surface area contributed by atoms with Gasteiger partial charge in [0.25, 0.3) is 0 Å². The van der Waals surface area contributed by atoms with Gasteiger partial charge in [0.05, 0.1) is 11.4 Å². The summed E-state index contributed by atoms with van der Waals surface area (Å²) >= 11 is 0. The van der Waals surface area contributed by atoms with Crippen molar-refractivity contribution < 1.29 is 14.7 Å². The molecule has 4 rings (SSSR count). The number of aromatic nitrogens is 3. The molecule has 168 valence electrons. The van der Waals surface area contributed by atoms with Gasteiger partial charge in [0, 0.05) is 23.1 Å². The molecular formula is C25H25N5O3. The molecule has 0 radical (unpaired) electrons. The zero-order valence-corrected chi connectivity index (χ0v) is 18.7. The number of benzene rings is 2. The van der Waals surface area contributed by atoms with E-state index in [1.807, 2.05) is 49.4 Å². The Morgan fingerprint density at radius 1 is 1.03 bits per heavy atom. The second kappa shape index (κ2) is 9.12. The third-order valence-electron chi connectivity index (χ3n) is 5.39. The van der Waals surface area contributed by atoms with Gasteiger partial charge in [-0.15, -0.1) is 0 Å². The van der Waals surface area contributed by atoms with Crippen LogP contribution >= 0.6 is 0 Å². The number of carboxylic acids is 1. The van der Waals surface area contributed by atoms with E-state index in [0.29, 0.717) is 35.1 Å². The largest absolute Gasteiger partial charge is 0.477 e. The molecule has 0 bridgehead atoms. The highest BCUT2D eigenvalue weighted by Gasteiger charge is 2.21. The van der Waals surface area contributed by atoms with Crippen LogP contribution in [0.4, 0.5) is 16.2 Å². The summed E-state index contributed by atoms with van der Waals surface area (Å²) in [5, 5.41) is 19.7. The monoisotopic (exact) mass is 443 g/mol. The Balaban J connectivity index is 1.59. The van der Waals surface area contributed by atoms with Gasteiger partial charge in [-0.3, -0.25) is 0 Å². The molecule has 3 N–H and O–H groups in total. The van der Waals surface area contributed by atoms with E-state index in [2.05, 4.69) is 34.6 Å². The summed E-state index contributed by atoms with van der Waals surface area (Å²) in [5.41, 5.74) is 4.81. The number of urea groups is 1. The summed E-state index contributed by atoms with van der Waals surface area (Å²) in [4.78, 5) is 28.5. The van der Waals surface area contributed by atoms with E-state index < -0.39 is 5.97 Å². The highest BCUT2D eigenvalue weighted by molar-refractivity contribution is 6.00. The van der Waals surface area contributed by atoms with Crippen LogP contribution in [0.2, 0.25) is 0 Å². The fourth-order valence-electron chi connectivity index (χ4n) is 3.68. The predicted octanol–water partition coefficient (Wildman–Crippen LogP) is 5.42. The lowest BCUT2D eigenvalue weighted by molar-refractivity contribution is 0.0697. The van der Waals surface area contributed by atoms with Crippen molar-refractivity contribution in [2.45, 2.75) is 33.1 Å². The molecule has 2 aromatic heterocycles. The fourth-order valence-corrected chi connectivity index (χ4v) is 3.68. The van der Waals surface area contributed by atoms with Gasteiger partial charge in [0.1, 0.15) is 5.56 Å². The second-order valence-electron chi connectivity index (χ2n) is 7.98. The predicted molar refractivity (Wildman–Crippen MR) is 128 cm³/mol. The minimum atomic E-state index is -1.06. The Morgan fingerprint density at radius 3 is 2.42 bits per heavy atom. The normalized spacial score (nSPS) is 11.0. The molecule has 0 aliphatic carbocycles. The maximum atomic E-state index is 12.5. The lowest BCUT2D eigenvalue weighted by atomic mass is 10.0. The van der Waals surface area contributed by atoms with Crippen LogP contribution < -0.4 is 10.6 Å². The number of hydrogen-bond donors (Lipinski definition) is 3. The van der Waals surface area contributed by atoms with E-state index in [1.54, 1.807) is 18.3 Å². The zero-order valence-electron chi connectivity index (χ0n) is 18.7. The van der Waals surface area contributed by atoms with Crippen LogP contribution in [0.5, 0.6) is 0 Å². The number of carbonyl (C=O) groups is 2. The van der Waals surface area contributed by atoms with Gasteiger partial charge in [-0.2, -0.15) is 5.10 Å². The summed E-state index contributed by atoms with van der Waals surface area (Å²) in [6.07, 6.45) is 2.04. The number of amides is 2. The summed E-state index contributed by atoms with van der Waals surface area (Å²) in [5.74, 6) is -0.634. The second-order valence-corrected chi connectivity index (χ2v) is 7.98. The number of nitrogens with zero attached hydrogens (tertiary/aromatic N) is 3. The van der Waals surface area contributed by atoms with Gasteiger partial charge in [-0.25, -0.2) is 19.1 Å². The maximum Gasteiger partial charge on any atom is 0.341 e. The first-order valence-electron chi connectivity index (χ1n) is 10.8. The minimum Gasteiger partial charge on any atom is -0.477 e. The molecule has 2 heterocycles. The van der Waals surface area contributed by atoms with Gasteiger partial charge in [0.2, 0.25) is 0 Å². The van der Waals surface area contributed by atoms with Crippen molar-refractivity contribution in [2.75, 3.05) is 10.6 Å². The first-order chi connectivity index (χ1) is 15.9. The number of carboxylic acid groups (broad SMARTS) is 1. The van der Waals surface area contributed by atoms with Gasteiger partial charge in [0.15, 0.2) is 5.65 Å². The molecule has 0 aliphatic rings. The van der Waals surface area contributed by atoms with E-state index >= 15 is 0 Å². The van der Waals surface area contributed by atoms with Crippen molar-refractivity contribution in [1.82, 2.24) is 14.6 Å². The number of nitrogens with one attached hydrogen (secondary N) is 2. The average molecular weight is 444 g/mol. The Labute approximate surface area is 191 Å². The van der Waals surface area contributed by atoms with E-state index in [4.69, 9.17) is 0 Å².